The van der Waals surface area contributed by atoms with Gasteiger partial charge in [0.25, 0.3) is 0 Å². The van der Waals surface area contributed by atoms with Crippen LogP contribution in [0.5, 0.6) is 0 Å². The van der Waals surface area contributed by atoms with Crippen LogP contribution in [0.25, 0.3) is 0 Å². The van der Waals surface area contributed by atoms with Crippen molar-refractivity contribution < 1.29 is 4.92 Å². The second-order valence-electron chi connectivity index (χ2n) is 3.09. The minimum atomic E-state index is -0.461. The quantitative estimate of drug-likeness (QED) is 0.557. The summed E-state index contributed by atoms with van der Waals surface area (Å²) in [6.07, 6.45) is 1.83. The Labute approximate surface area is 93.3 Å². The summed E-state index contributed by atoms with van der Waals surface area (Å²) in [5, 5.41) is 19.3. The van der Waals surface area contributed by atoms with E-state index in [1.54, 1.807) is 4.90 Å². The Morgan fingerprint density at radius 1 is 1.69 bits per heavy atom. The molecule has 0 bridgehead atoms. The zero-order valence-corrected chi connectivity index (χ0v) is 8.96. The van der Waals surface area contributed by atoms with Gasteiger partial charge in [-0.3, -0.25) is 10.1 Å². The predicted octanol–water partition coefficient (Wildman–Crippen LogP) is 1.73. The van der Waals surface area contributed by atoms with Crippen molar-refractivity contribution in [1.82, 2.24) is 4.98 Å². The number of aromatic nitrogens is 1. The van der Waals surface area contributed by atoms with Gasteiger partial charge in [0.15, 0.2) is 0 Å². The highest BCUT2D eigenvalue weighted by Crippen LogP contribution is 2.24. The molecule has 0 aliphatic carbocycles. The van der Waals surface area contributed by atoms with E-state index in [1.807, 2.05) is 13.0 Å². The third-order valence-corrected chi connectivity index (χ3v) is 2.14. The summed E-state index contributed by atoms with van der Waals surface area (Å²) in [6.45, 7) is 2.90. The zero-order valence-electron chi connectivity index (χ0n) is 8.96. The number of hydrogen-bond donors (Lipinski definition) is 0. The highest BCUT2D eigenvalue weighted by atomic mass is 16.6. The largest absolute Gasteiger partial charge is 0.350 e. The van der Waals surface area contributed by atoms with Crippen LogP contribution in [0.3, 0.4) is 0 Å². The number of nitro groups is 1. The predicted molar refractivity (Wildman–Crippen MR) is 59.0 cm³/mol. The minimum Gasteiger partial charge on any atom is -0.350 e. The molecule has 0 spiro atoms. The van der Waals surface area contributed by atoms with Crippen LogP contribution >= 0.6 is 0 Å². The van der Waals surface area contributed by atoms with Crippen molar-refractivity contribution in [3.05, 3.63) is 28.4 Å². The maximum atomic E-state index is 10.8. The molecule has 0 fully saturated rings. The Kier molecular flexibility index (Phi) is 4.21. The third-order valence-electron chi connectivity index (χ3n) is 2.14. The van der Waals surface area contributed by atoms with Crippen LogP contribution < -0.4 is 4.90 Å². The standard InChI is InChI=1S/C10H12N4O2/c1-2-13(8-4-6-11)10-9(14(15)16)5-3-7-12-10/h3,5,7H,2,4,8H2,1H3. The molecular weight excluding hydrogens is 208 g/mol. The summed E-state index contributed by atoms with van der Waals surface area (Å²) in [4.78, 5) is 16.1. The van der Waals surface area contributed by atoms with Crippen LogP contribution in [0.1, 0.15) is 13.3 Å². The fourth-order valence-corrected chi connectivity index (χ4v) is 1.37. The molecule has 0 N–H and O–H groups in total. The number of nitrogens with zero attached hydrogens (tertiary/aromatic N) is 4. The van der Waals surface area contributed by atoms with E-state index in [4.69, 9.17) is 5.26 Å². The molecule has 1 rings (SSSR count). The molecular formula is C10H12N4O2. The van der Waals surface area contributed by atoms with Gasteiger partial charge in [-0.1, -0.05) is 0 Å². The van der Waals surface area contributed by atoms with Gasteiger partial charge in [-0.15, -0.1) is 0 Å². The summed E-state index contributed by atoms with van der Waals surface area (Å²) >= 11 is 0. The van der Waals surface area contributed by atoms with Crippen LogP contribution in [-0.4, -0.2) is 23.0 Å². The highest BCUT2D eigenvalue weighted by molar-refractivity contribution is 5.57. The van der Waals surface area contributed by atoms with Crippen molar-refractivity contribution in [2.24, 2.45) is 0 Å². The van der Waals surface area contributed by atoms with Gasteiger partial charge in [-0.25, -0.2) is 4.98 Å². The van der Waals surface area contributed by atoms with Crippen LogP contribution in [-0.2, 0) is 0 Å². The number of hydrogen-bond acceptors (Lipinski definition) is 5. The molecule has 0 aliphatic rings. The van der Waals surface area contributed by atoms with Crippen LogP contribution in [0.2, 0.25) is 0 Å². The Balaban J connectivity index is 3.00. The smallest absolute Gasteiger partial charge is 0.311 e. The minimum absolute atomic E-state index is 0.0257. The van der Waals surface area contributed by atoms with E-state index >= 15 is 0 Å². The maximum Gasteiger partial charge on any atom is 0.311 e. The number of rotatable bonds is 5. The second-order valence-corrected chi connectivity index (χ2v) is 3.09. The van der Waals surface area contributed by atoms with E-state index < -0.39 is 4.92 Å². The van der Waals surface area contributed by atoms with Gasteiger partial charge in [0, 0.05) is 25.4 Å². The molecule has 0 saturated heterocycles. The Hall–Kier alpha value is -2.16. The van der Waals surface area contributed by atoms with Crippen molar-refractivity contribution in [1.29, 1.82) is 5.26 Å². The van der Waals surface area contributed by atoms with E-state index in [0.717, 1.165) is 0 Å². The molecule has 6 heteroatoms. The lowest BCUT2D eigenvalue weighted by Gasteiger charge is -2.19. The number of nitriles is 1. The summed E-state index contributed by atoms with van der Waals surface area (Å²) < 4.78 is 0. The number of anilines is 1. The van der Waals surface area contributed by atoms with Crippen molar-refractivity contribution in [2.75, 3.05) is 18.0 Å². The Morgan fingerprint density at radius 3 is 3.00 bits per heavy atom. The summed E-state index contributed by atoms with van der Waals surface area (Å²) in [6, 6.07) is 4.95. The normalized spacial score (nSPS) is 9.50. The van der Waals surface area contributed by atoms with Gasteiger partial charge >= 0.3 is 5.69 Å². The van der Waals surface area contributed by atoms with Gasteiger partial charge in [-0.2, -0.15) is 5.26 Å². The third kappa shape index (κ3) is 2.67. The highest BCUT2D eigenvalue weighted by Gasteiger charge is 2.18. The lowest BCUT2D eigenvalue weighted by atomic mass is 10.3. The van der Waals surface area contributed by atoms with E-state index in [9.17, 15) is 10.1 Å². The van der Waals surface area contributed by atoms with Crippen LogP contribution in [0.15, 0.2) is 18.3 Å². The lowest BCUT2D eigenvalue weighted by molar-refractivity contribution is -0.384. The Morgan fingerprint density at radius 2 is 2.44 bits per heavy atom. The van der Waals surface area contributed by atoms with Gasteiger partial charge < -0.3 is 4.90 Å². The van der Waals surface area contributed by atoms with E-state index in [1.165, 1.54) is 18.3 Å². The molecule has 1 heterocycles. The van der Waals surface area contributed by atoms with Crippen molar-refractivity contribution in [3.8, 4) is 6.07 Å². The molecule has 0 saturated carbocycles. The Bertz CT molecular complexity index is 414. The number of pyridine rings is 1. The van der Waals surface area contributed by atoms with Crippen LogP contribution in [0.4, 0.5) is 11.5 Å². The molecule has 1 aromatic rings. The van der Waals surface area contributed by atoms with Gasteiger partial charge in [0.1, 0.15) is 0 Å². The molecule has 0 atom stereocenters. The van der Waals surface area contributed by atoms with E-state index in [0.29, 0.717) is 25.3 Å². The SMILES string of the molecule is CCN(CCC#N)c1ncccc1[N+](=O)[O-]. The zero-order chi connectivity index (χ0) is 12.0. The molecule has 0 aromatic carbocycles. The van der Waals surface area contributed by atoms with Crippen molar-refractivity contribution in [3.63, 3.8) is 0 Å². The van der Waals surface area contributed by atoms with Crippen LogP contribution in [0, 0.1) is 21.4 Å². The summed E-state index contributed by atoms with van der Waals surface area (Å²) in [5.74, 6) is 0.324. The molecule has 6 nitrogen and oxygen atoms in total. The molecule has 84 valence electrons. The van der Waals surface area contributed by atoms with Crippen molar-refractivity contribution in [2.45, 2.75) is 13.3 Å². The molecule has 16 heavy (non-hydrogen) atoms. The molecule has 0 unspecified atom stereocenters. The first-order valence-corrected chi connectivity index (χ1v) is 4.92. The molecule has 0 radical (unpaired) electrons. The summed E-state index contributed by atoms with van der Waals surface area (Å²) in [7, 11) is 0. The average molecular weight is 220 g/mol. The summed E-state index contributed by atoms with van der Waals surface area (Å²) in [5.41, 5.74) is -0.0257. The van der Waals surface area contributed by atoms with Gasteiger partial charge in [0.05, 0.1) is 17.4 Å². The first kappa shape index (κ1) is 11.9. The molecule has 0 amide bonds. The fourth-order valence-electron chi connectivity index (χ4n) is 1.37. The maximum absolute atomic E-state index is 10.8. The molecule has 0 aliphatic heterocycles. The van der Waals surface area contributed by atoms with E-state index in [-0.39, 0.29) is 5.69 Å². The fraction of sp³-hybridized carbons (Fsp3) is 0.400. The monoisotopic (exact) mass is 220 g/mol. The topological polar surface area (TPSA) is 83.1 Å². The van der Waals surface area contributed by atoms with Crippen molar-refractivity contribution >= 4 is 11.5 Å². The lowest BCUT2D eigenvalue weighted by Crippen LogP contribution is -2.25. The van der Waals surface area contributed by atoms with Gasteiger partial charge in [-0.05, 0) is 13.0 Å². The first-order valence-electron chi connectivity index (χ1n) is 4.92. The average Bonchev–Trinajstić information content (AvgIpc) is 2.30. The second kappa shape index (κ2) is 5.66. The van der Waals surface area contributed by atoms with Gasteiger partial charge in [0.2, 0.25) is 5.82 Å². The molecule has 1 aromatic heterocycles. The first-order chi connectivity index (χ1) is 7.70. The van der Waals surface area contributed by atoms with E-state index in [2.05, 4.69) is 4.98 Å².